The second-order valence-electron chi connectivity index (χ2n) is 7.35. The fraction of sp³-hybridized carbons (Fsp3) is 0.273. The van der Waals surface area contributed by atoms with Gasteiger partial charge in [0.2, 0.25) is 11.9 Å². The third-order valence-corrected chi connectivity index (χ3v) is 5.85. The number of nitrogens with one attached hydrogen (secondary N) is 2. The van der Waals surface area contributed by atoms with Crippen molar-refractivity contribution >= 4 is 29.5 Å². The molecular formula is C22H23FN6O3S. The first kappa shape index (κ1) is 22.7. The number of thioether (sulfide) groups is 1. The maximum Gasteiger partial charge on any atom is 0.269 e. The molecule has 0 radical (unpaired) electrons. The first-order valence-electron chi connectivity index (χ1n) is 10.3. The zero-order chi connectivity index (χ0) is 23.2. The van der Waals surface area contributed by atoms with Gasteiger partial charge in [-0.25, -0.2) is 4.39 Å². The van der Waals surface area contributed by atoms with Crippen LogP contribution in [0, 0.1) is 12.7 Å². The highest BCUT2D eigenvalue weighted by molar-refractivity contribution is 7.99. The summed E-state index contributed by atoms with van der Waals surface area (Å²) in [5.41, 5.74) is 6.91. The van der Waals surface area contributed by atoms with Gasteiger partial charge in [0.1, 0.15) is 5.82 Å². The number of nitrogens with zero attached hydrogens (tertiary/aromatic N) is 4. The minimum absolute atomic E-state index is 0.0107. The summed E-state index contributed by atoms with van der Waals surface area (Å²) in [6, 6.07) is 13.0. The third kappa shape index (κ3) is 5.68. The number of ether oxygens (including phenoxy) is 1. The number of aromatic nitrogens is 3. The zero-order valence-corrected chi connectivity index (χ0v) is 18.8. The molecule has 0 saturated carbocycles. The number of anilines is 1. The van der Waals surface area contributed by atoms with Crippen LogP contribution in [0.4, 0.5) is 10.3 Å². The van der Waals surface area contributed by atoms with Gasteiger partial charge >= 0.3 is 0 Å². The highest BCUT2D eigenvalue weighted by atomic mass is 32.2. The molecule has 2 heterocycles. The van der Waals surface area contributed by atoms with E-state index < -0.39 is 17.6 Å². The Morgan fingerprint density at radius 2 is 1.85 bits per heavy atom. The summed E-state index contributed by atoms with van der Waals surface area (Å²) in [5, 5.41) is 9.24. The Balaban J connectivity index is 1.44. The predicted molar refractivity (Wildman–Crippen MR) is 122 cm³/mol. The molecule has 4 rings (SSSR count). The second-order valence-corrected chi connectivity index (χ2v) is 8.30. The molecule has 33 heavy (non-hydrogen) atoms. The molecule has 2 N–H and O–H groups in total. The van der Waals surface area contributed by atoms with Gasteiger partial charge in [-0.1, -0.05) is 23.9 Å². The van der Waals surface area contributed by atoms with E-state index in [1.165, 1.54) is 36.0 Å². The number of benzene rings is 2. The lowest BCUT2D eigenvalue weighted by Gasteiger charge is -2.28. The Kier molecular flexibility index (Phi) is 7.20. The van der Waals surface area contributed by atoms with Gasteiger partial charge in [0.15, 0.2) is 5.16 Å². The van der Waals surface area contributed by atoms with Crippen molar-refractivity contribution in [2.24, 2.45) is 0 Å². The van der Waals surface area contributed by atoms with Gasteiger partial charge in [-0.05, 0) is 48.9 Å². The van der Waals surface area contributed by atoms with Crippen molar-refractivity contribution in [2.45, 2.75) is 12.1 Å². The number of carbonyl (C=O) groups is 2. The first-order valence-corrected chi connectivity index (χ1v) is 11.3. The number of amides is 2. The monoisotopic (exact) mass is 470 g/mol. The first-order chi connectivity index (χ1) is 16.0. The van der Waals surface area contributed by atoms with E-state index >= 15 is 0 Å². The number of halogens is 1. The van der Waals surface area contributed by atoms with E-state index in [9.17, 15) is 14.0 Å². The molecule has 172 valence electrons. The van der Waals surface area contributed by atoms with Gasteiger partial charge in [0.25, 0.3) is 5.91 Å². The largest absolute Gasteiger partial charge is 0.378 e. The van der Waals surface area contributed by atoms with Gasteiger partial charge in [0, 0.05) is 18.7 Å². The lowest BCUT2D eigenvalue weighted by molar-refractivity contribution is -0.119. The van der Waals surface area contributed by atoms with Crippen LogP contribution >= 0.6 is 11.8 Å². The Morgan fingerprint density at radius 1 is 1.09 bits per heavy atom. The average molecular weight is 471 g/mol. The smallest absolute Gasteiger partial charge is 0.269 e. The summed E-state index contributed by atoms with van der Waals surface area (Å²) >= 11 is 1.21. The molecule has 1 saturated heterocycles. The number of hydrogen-bond acceptors (Lipinski definition) is 7. The number of rotatable bonds is 6. The number of aryl methyl sites for hydroxylation is 1. The fourth-order valence-electron chi connectivity index (χ4n) is 3.28. The summed E-state index contributed by atoms with van der Waals surface area (Å²) in [6.45, 7) is 4.62. The van der Waals surface area contributed by atoms with Gasteiger partial charge in [-0.15, -0.1) is 10.2 Å². The third-order valence-electron chi connectivity index (χ3n) is 4.92. The SMILES string of the molecule is Cc1cccc(-n2c(SCC(=O)NNC(=O)c3ccc(F)cc3)nnc2N2CCOCC2)c1. The molecule has 0 aliphatic carbocycles. The lowest BCUT2D eigenvalue weighted by Crippen LogP contribution is -2.42. The molecule has 9 nitrogen and oxygen atoms in total. The molecule has 3 aromatic rings. The van der Waals surface area contributed by atoms with Crippen molar-refractivity contribution in [3.8, 4) is 5.69 Å². The number of hydrogen-bond donors (Lipinski definition) is 2. The number of carbonyl (C=O) groups excluding carboxylic acids is 2. The van der Waals surface area contributed by atoms with Crippen LogP contribution in [0.15, 0.2) is 53.7 Å². The highest BCUT2D eigenvalue weighted by Crippen LogP contribution is 2.27. The van der Waals surface area contributed by atoms with E-state index in [4.69, 9.17) is 4.74 Å². The summed E-state index contributed by atoms with van der Waals surface area (Å²) in [5.74, 6) is -0.692. The van der Waals surface area contributed by atoms with Crippen LogP contribution in [0.2, 0.25) is 0 Å². The van der Waals surface area contributed by atoms with Crippen LogP contribution in [-0.2, 0) is 9.53 Å². The summed E-state index contributed by atoms with van der Waals surface area (Å²) in [4.78, 5) is 26.5. The molecule has 0 atom stereocenters. The van der Waals surface area contributed by atoms with Crippen molar-refractivity contribution in [2.75, 3.05) is 37.0 Å². The topological polar surface area (TPSA) is 101 Å². The van der Waals surface area contributed by atoms with Crippen molar-refractivity contribution < 1.29 is 18.7 Å². The van der Waals surface area contributed by atoms with Gasteiger partial charge < -0.3 is 9.64 Å². The van der Waals surface area contributed by atoms with E-state index in [-0.39, 0.29) is 11.3 Å². The molecule has 1 aliphatic rings. The van der Waals surface area contributed by atoms with E-state index in [2.05, 4.69) is 25.9 Å². The lowest BCUT2D eigenvalue weighted by atomic mass is 10.2. The zero-order valence-electron chi connectivity index (χ0n) is 18.0. The molecule has 0 bridgehead atoms. The maximum atomic E-state index is 13.0. The van der Waals surface area contributed by atoms with E-state index in [1.54, 1.807) is 0 Å². The van der Waals surface area contributed by atoms with E-state index in [0.29, 0.717) is 37.4 Å². The summed E-state index contributed by atoms with van der Waals surface area (Å²) in [6.07, 6.45) is 0. The Hall–Kier alpha value is -3.44. The van der Waals surface area contributed by atoms with Gasteiger partial charge in [0.05, 0.1) is 24.7 Å². The Morgan fingerprint density at radius 3 is 2.58 bits per heavy atom. The molecule has 1 aliphatic heterocycles. The van der Waals surface area contributed by atoms with Crippen LogP contribution in [0.3, 0.4) is 0 Å². The van der Waals surface area contributed by atoms with Crippen LogP contribution < -0.4 is 15.8 Å². The van der Waals surface area contributed by atoms with Crippen LogP contribution in [0.5, 0.6) is 0 Å². The highest BCUT2D eigenvalue weighted by Gasteiger charge is 2.22. The van der Waals surface area contributed by atoms with Crippen LogP contribution in [0.1, 0.15) is 15.9 Å². The quantitative estimate of drug-likeness (QED) is 0.420. The molecule has 2 amide bonds. The fourth-order valence-corrected chi connectivity index (χ4v) is 4.03. The van der Waals surface area contributed by atoms with Crippen molar-refractivity contribution in [1.29, 1.82) is 0 Å². The average Bonchev–Trinajstić information content (AvgIpc) is 3.26. The predicted octanol–water partition coefficient (Wildman–Crippen LogP) is 2.10. The van der Waals surface area contributed by atoms with Crippen LogP contribution in [-0.4, -0.2) is 58.6 Å². The summed E-state index contributed by atoms with van der Waals surface area (Å²) in [7, 11) is 0. The molecule has 0 unspecified atom stereocenters. The van der Waals surface area contributed by atoms with Gasteiger partial charge in [-0.2, -0.15) is 0 Å². The Bertz CT molecular complexity index is 1130. The van der Waals surface area contributed by atoms with E-state index in [0.717, 1.165) is 11.3 Å². The molecular weight excluding hydrogens is 447 g/mol. The summed E-state index contributed by atoms with van der Waals surface area (Å²) < 4.78 is 20.4. The molecule has 2 aromatic carbocycles. The Labute approximate surface area is 194 Å². The molecule has 11 heteroatoms. The van der Waals surface area contributed by atoms with Crippen molar-refractivity contribution in [3.63, 3.8) is 0 Å². The molecule has 0 spiro atoms. The number of morpholine rings is 1. The minimum Gasteiger partial charge on any atom is -0.378 e. The van der Waals surface area contributed by atoms with E-state index in [1.807, 2.05) is 35.8 Å². The maximum absolute atomic E-state index is 13.0. The molecule has 1 aromatic heterocycles. The number of hydrazine groups is 1. The normalized spacial score (nSPS) is 13.6. The van der Waals surface area contributed by atoms with Gasteiger partial charge in [-0.3, -0.25) is 25.0 Å². The van der Waals surface area contributed by atoms with Crippen molar-refractivity contribution in [1.82, 2.24) is 25.6 Å². The second kappa shape index (κ2) is 10.5. The van der Waals surface area contributed by atoms with Crippen LogP contribution in [0.25, 0.3) is 5.69 Å². The minimum atomic E-state index is -0.536. The van der Waals surface area contributed by atoms with Crippen molar-refractivity contribution in [3.05, 3.63) is 65.5 Å². The molecule has 1 fully saturated rings. The standard InChI is InChI=1S/C22H23FN6O3S/c1-15-3-2-4-18(13-15)29-21(28-9-11-32-12-10-28)26-27-22(29)33-14-19(30)24-25-20(31)16-5-7-17(23)8-6-16/h2-8,13H,9-12,14H2,1H3,(H,24,30)(H,25,31).